The maximum absolute atomic E-state index is 13.8. The van der Waals surface area contributed by atoms with Crippen molar-refractivity contribution in [2.75, 3.05) is 5.75 Å². The zero-order chi connectivity index (χ0) is 18.9. The van der Waals surface area contributed by atoms with Crippen molar-refractivity contribution in [3.05, 3.63) is 35.8 Å². The quantitative estimate of drug-likeness (QED) is 0.389. The summed E-state index contributed by atoms with van der Waals surface area (Å²) in [5, 5.41) is 12.1. The molecule has 3 rings (SSSR count). The van der Waals surface area contributed by atoms with Crippen LogP contribution in [0.5, 0.6) is 0 Å². The fourth-order valence-electron chi connectivity index (χ4n) is 2.88. The van der Waals surface area contributed by atoms with Gasteiger partial charge in [-0.25, -0.2) is 22.2 Å². The van der Waals surface area contributed by atoms with Crippen LogP contribution in [0, 0.1) is 17.1 Å². The van der Waals surface area contributed by atoms with Gasteiger partial charge >= 0.3 is 0 Å². The zero-order valence-corrected chi connectivity index (χ0v) is 15.3. The van der Waals surface area contributed by atoms with Gasteiger partial charge in [-0.3, -0.25) is 5.41 Å². The van der Waals surface area contributed by atoms with E-state index in [-0.39, 0.29) is 17.6 Å². The number of hydrazone groups is 1. The van der Waals surface area contributed by atoms with Gasteiger partial charge in [-0.05, 0) is 37.5 Å². The molecule has 1 aliphatic carbocycles. The molecule has 1 fully saturated rings. The van der Waals surface area contributed by atoms with Gasteiger partial charge in [0.05, 0.1) is 17.0 Å². The van der Waals surface area contributed by atoms with Crippen molar-refractivity contribution in [2.24, 2.45) is 16.8 Å². The van der Waals surface area contributed by atoms with Crippen LogP contribution in [0.15, 0.2) is 29.5 Å². The van der Waals surface area contributed by atoms with Crippen molar-refractivity contribution < 1.29 is 12.8 Å². The van der Waals surface area contributed by atoms with Gasteiger partial charge in [0.2, 0.25) is 16.0 Å². The second-order valence-corrected chi connectivity index (χ2v) is 8.43. The number of unbranched alkanes of at least 4 members (excludes halogenated alkanes) is 1. The Hall–Kier alpha value is -2.42. The minimum absolute atomic E-state index is 0.00909. The van der Waals surface area contributed by atoms with E-state index in [0.29, 0.717) is 28.6 Å². The largest absolute Gasteiger partial charge is 0.369 e. The summed E-state index contributed by atoms with van der Waals surface area (Å²) in [4.78, 5) is 0. The molecule has 1 aliphatic rings. The monoisotopic (exact) mass is 379 g/mol. The number of hydrogen-bond acceptors (Lipinski definition) is 4. The summed E-state index contributed by atoms with van der Waals surface area (Å²) in [5.74, 6) is -0.635. The van der Waals surface area contributed by atoms with Crippen LogP contribution in [0.3, 0.4) is 0 Å². The molecule has 9 heteroatoms. The van der Waals surface area contributed by atoms with E-state index in [4.69, 9.17) is 11.1 Å². The normalized spacial score (nSPS) is 15.4. The molecule has 0 radical (unpaired) electrons. The molecule has 0 unspecified atom stereocenters. The summed E-state index contributed by atoms with van der Waals surface area (Å²) in [5.41, 5.74) is 9.32. The Labute approximate surface area is 151 Å². The van der Waals surface area contributed by atoms with Gasteiger partial charge in [0.15, 0.2) is 0 Å². The third-order valence-electron chi connectivity index (χ3n) is 4.33. The minimum Gasteiger partial charge on any atom is -0.369 e. The van der Waals surface area contributed by atoms with E-state index < -0.39 is 15.8 Å². The number of halogens is 1. The Morgan fingerprint density at radius 2 is 2.19 bits per heavy atom. The van der Waals surface area contributed by atoms with Crippen LogP contribution < -0.4 is 11.2 Å². The highest BCUT2D eigenvalue weighted by Gasteiger charge is 2.32. The van der Waals surface area contributed by atoms with Crippen LogP contribution in [0.1, 0.15) is 38.2 Å². The molecule has 0 bridgehead atoms. The average molecular weight is 379 g/mol. The van der Waals surface area contributed by atoms with Gasteiger partial charge in [-0.2, -0.15) is 5.10 Å². The Kier molecular flexibility index (Phi) is 4.99. The van der Waals surface area contributed by atoms with Gasteiger partial charge in [0, 0.05) is 23.1 Å². The summed E-state index contributed by atoms with van der Waals surface area (Å²) in [6.45, 7) is 1.92. The Balaban J connectivity index is 2.17. The fraction of sp³-hybridized carbons (Fsp3) is 0.412. The van der Waals surface area contributed by atoms with Crippen molar-refractivity contribution in [1.29, 1.82) is 5.41 Å². The molecule has 0 saturated heterocycles. The first-order chi connectivity index (χ1) is 12.3. The van der Waals surface area contributed by atoms with E-state index in [1.165, 1.54) is 18.3 Å². The number of nitrogens with two attached hydrogens (primary N) is 1. The highest BCUT2D eigenvalue weighted by molar-refractivity contribution is 7.90. The third kappa shape index (κ3) is 3.72. The molecule has 26 heavy (non-hydrogen) atoms. The van der Waals surface area contributed by atoms with E-state index in [2.05, 4.69) is 10.5 Å². The van der Waals surface area contributed by atoms with Gasteiger partial charge in [-0.15, -0.1) is 0 Å². The Morgan fingerprint density at radius 1 is 1.46 bits per heavy atom. The number of fused-ring (bicyclic) bond motifs is 1. The molecular formula is C17H22FN5O2S. The number of aromatic nitrogens is 1. The van der Waals surface area contributed by atoms with Crippen molar-refractivity contribution in [2.45, 2.75) is 32.6 Å². The summed E-state index contributed by atoms with van der Waals surface area (Å²) >= 11 is 0. The molecule has 1 heterocycles. The topological polar surface area (TPSA) is 113 Å². The molecule has 1 aromatic carbocycles. The second-order valence-electron chi connectivity index (χ2n) is 6.47. The van der Waals surface area contributed by atoms with Crippen LogP contribution in [0.25, 0.3) is 10.9 Å². The molecule has 0 atom stereocenters. The molecule has 1 aromatic heterocycles. The molecule has 1 saturated carbocycles. The fourth-order valence-corrected chi connectivity index (χ4v) is 4.45. The molecule has 140 valence electrons. The number of hydrogen-bond donors (Lipinski definition) is 3. The van der Waals surface area contributed by atoms with Crippen molar-refractivity contribution >= 4 is 32.6 Å². The van der Waals surface area contributed by atoms with Crippen LogP contribution in [0.2, 0.25) is 0 Å². The number of benzene rings is 1. The lowest BCUT2D eigenvalue weighted by atomic mass is 10.1. The average Bonchev–Trinajstić information content (AvgIpc) is 3.34. The lowest BCUT2D eigenvalue weighted by molar-refractivity contribution is 0.585. The van der Waals surface area contributed by atoms with E-state index in [1.807, 2.05) is 6.92 Å². The maximum atomic E-state index is 13.8. The third-order valence-corrected chi connectivity index (χ3v) is 6.03. The predicted molar refractivity (Wildman–Crippen MR) is 100 cm³/mol. The SMILES string of the molecule is CCCCS(=O)(=O)n1cc(C(=NNC(=N)N)C2CC2)c2ccc(F)cc21. The zero-order valence-electron chi connectivity index (χ0n) is 14.5. The predicted octanol–water partition coefficient (Wildman–Crippen LogP) is 2.36. The first-order valence-electron chi connectivity index (χ1n) is 8.55. The first kappa shape index (κ1) is 18.4. The van der Waals surface area contributed by atoms with Crippen molar-refractivity contribution in [3.63, 3.8) is 0 Å². The van der Waals surface area contributed by atoms with Crippen LogP contribution in [-0.2, 0) is 10.0 Å². The highest BCUT2D eigenvalue weighted by atomic mass is 32.2. The number of nitrogens with zero attached hydrogens (tertiary/aromatic N) is 2. The molecule has 2 aromatic rings. The van der Waals surface area contributed by atoms with Gasteiger partial charge in [0.1, 0.15) is 5.82 Å². The number of rotatable bonds is 7. The molecule has 0 amide bonds. The number of guanidine groups is 1. The lowest BCUT2D eigenvalue weighted by Crippen LogP contribution is -2.27. The van der Waals surface area contributed by atoms with E-state index in [1.54, 1.807) is 6.07 Å². The standard InChI is InChI=1S/C17H22FN5O2S/c1-2-3-8-26(24,25)23-10-14(13-7-6-12(18)9-15(13)23)16(11-4-5-11)21-22-17(19)20/h6-7,9-11H,2-5,8H2,1H3,(H4,19,20,22). The van der Waals surface area contributed by atoms with Crippen LogP contribution in [-0.4, -0.2) is 29.8 Å². The van der Waals surface area contributed by atoms with Gasteiger partial charge in [0.25, 0.3) is 0 Å². The molecule has 0 spiro atoms. The summed E-state index contributed by atoms with van der Waals surface area (Å²) in [6.07, 6.45) is 4.64. The Bertz CT molecular complexity index is 976. The van der Waals surface area contributed by atoms with E-state index in [0.717, 1.165) is 23.2 Å². The van der Waals surface area contributed by atoms with Crippen molar-refractivity contribution in [3.8, 4) is 0 Å². The molecule has 4 N–H and O–H groups in total. The Morgan fingerprint density at radius 3 is 2.81 bits per heavy atom. The maximum Gasteiger partial charge on any atom is 0.239 e. The highest BCUT2D eigenvalue weighted by Crippen LogP contribution is 2.36. The number of nitrogens with one attached hydrogen (secondary N) is 2. The molecule has 0 aliphatic heterocycles. The van der Waals surface area contributed by atoms with Crippen molar-refractivity contribution in [1.82, 2.24) is 9.40 Å². The van der Waals surface area contributed by atoms with E-state index in [9.17, 15) is 12.8 Å². The van der Waals surface area contributed by atoms with Gasteiger partial charge in [-0.1, -0.05) is 13.3 Å². The minimum atomic E-state index is -3.61. The van der Waals surface area contributed by atoms with Gasteiger partial charge < -0.3 is 5.73 Å². The summed E-state index contributed by atoms with van der Waals surface area (Å²) < 4.78 is 40.4. The summed E-state index contributed by atoms with van der Waals surface area (Å²) in [6, 6.07) is 4.10. The molecular weight excluding hydrogens is 357 g/mol. The lowest BCUT2D eigenvalue weighted by Gasteiger charge is -2.06. The van der Waals surface area contributed by atoms with Crippen LogP contribution >= 0.6 is 0 Å². The van der Waals surface area contributed by atoms with Crippen LogP contribution in [0.4, 0.5) is 4.39 Å². The molecule has 7 nitrogen and oxygen atoms in total. The smallest absolute Gasteiger partial charge is 0.239 e. The van der Waals surface area contributed by atoms with E-state index >= 15 is 0 Å². The summed E-state index contributed by atoms with van der Waals surface area (Å²) in [7, 11) is -3.61. The second kappa shape index (κ2) is 7.06. The first-order valence-corrected chi connectivity index (χ1v) is 10.2.